The Morgan fingerprint density at radius 2 is 1.50 bits per heavy atom. The molecule has 0 bridgehead atoms. The largest absolute Gasteiger partial charge is 0.486 e. The highest BCUT2D eigenvalue weighted by molar-refractivity contribution is 6.42. The summed E-state index contributed by atoms with van der Waals surface area (Å²) in [4.78, 5) is 12.4. The van der Waals surface area contributed by atoms with Crippen LogP contribution in [-0.4, -0.2) is 19.0 Å². The number of carbonyl (C=O) groups is 1. The molecule has 0 fully saturated rings. The number of hydrogen-bond acceptors (Lipinski definition) is 3. The summed E-state index contributed by atoms with van der Waals surface area (Å²) >= 11 is 11.8. The maximum Gasteiger partial charge on any atom is 0.193 e. The molecule has 0 radical (unpaired) electrons. The normalized spacial score (nSPS) is 13.1. The van der Waals surface area contributed by atoms with Crippen molar-refractivity contribution in [2.45, 2.75) is 0 Å². The Kier molecular flexibility index (Phi) is 3.55. The van der Waals surface area contributed by atoms with E-state index in [0.717, 1.165) is 0 Å². The van der Waals surface area contributed by atoms with E-state index in [1.165, 1.54) is 0 Å². The van der Waals surface area contributed by atoms with Crippen molar-refractivity contribution in [2.75, 3.05) is 13.2 Å². The van der Waals surface area contributed by atoms with Crippen LogP contribution in [0.2, 0.25) is 10.0 Å². The molecule has 1 aliphatic heterocycles. The van der Waals surface area contributed by atoms with Gasteiger partial charge in [-0.15, -0.1) is 0 Å². The highest BCUT2D eigenvalue weighted by Gasteiger charge is 2.16. The lowest BCUT2D eigenvalue weighted by atomic mass is 10.0. The Balaban J connectivity index is 1.95. The Labute approximate surface area is 126 Å². The molecule has 0 aliphatic carbocycles. The van der Waals surface area contributed by atoms with Gasteiger partial charge in [0.05, 0.1) is 10.0 Å². The molecule has 0 saturated heterocycles. The van der Waals surface area contributed by atoms with Crippen LogP contribution in [0.15, 0.2) is 36.4 Å². The molecule has 20 heavy (non-hydrogen) atoms. The van der Waals surface area contributed by atoms with Crippen molar-refractivity contribution in [2.24, 2.45) is 0 Å². The van der Waals surface area contributed by atoms with E-state index in [1.54, 1.807) is 36.4 Å². The molecular formula is C15H10Cl2O3. The highest BCUT2D eigenvalue weighted by Crippen LogP contribution is 2.32. The molecule has 0 spiro atoms. The van der Waals surface area contributed by atoms with Gasteiger partial charge in [-0.2, -0.15) is 0 Å². The van der Waals surface area contributed by atoms with Gasteiger partial charge < -0.3 is 9.47 Å². The van der Waals surface area contributed by atoms with Crippen molar-refractivity contribution >= 4 is 29.0 Å². The molecule has 0 aromatic heterocycles. The first-order valence-electron chi connectivity index (χ1n) is 6.04. The zero-order valence-corrected chi connectivity index (χ0v) is 11.9. The van der Waals surface area contributed by atoms with Crippen LogP contribution in [0, 0.1) is 0 Å². The predicted octanol–water partition coefficient (Wildman–Crippen LogP) is 4.00. The Bertz CT molecular complexity index is 683. The van der Waals surface area contributed by atoms with E-state index >= 15 is 0 Å². The third-order valence-electron chi connectivity index (χ3n) is 2.99. The van der Waals surface area contributed by atoms with Crippen LogP contribution in [0.25, 0.3) is 0 Å². The quantitative estimate of drug-likeness (QED) is 0.787. The number of fused-ring (bicyclic) bond motifs is 1. The van der Waals surface area contributed by atoms with Crippen molar-refractivity contribution in [1.29, 1.82) is 0 Å². The van der Waals surface area contributed by atoms with Crippen molar-refractivity contribution in [3.63, 3.8) is 0 Å². The summed E-state index contributed by atoms with van der Waals surface area (Å²) < 4.78 is 10.9. The number of hydrogen-bond donors (Lipinski definition) is 0. The summed E-state index contributed by atoms with van der Waals surface area (Å²) in [7, 11) is 0. The number of ether oxygens (including phenoxy) is 2. The van der Waals surface area contributed by atoms with Crippen LogP contribution in [0.3, 0.4) is 0 Å². The Morgan fingerprint density at radius 1 is 0.850 bits per heavy atom. The summed E-state index contributed by atoms with van der Waals surface area (Å²) in [5, 5.41) is 0.778. The van der Waals surface area contributed by atoms with Crippen LogP contribution >= 0.6 is 23.2 Å². The summed E-state index contributed by atoms with van der Waals surface area (Å²) in [6.07, 6.45) is 0. The fourth-order valence-electron chi connectivity index (χ4n) is 1.99. The van der Waals surface area contributed by atoms with E-state index in [4.69, 9.17) is 32.7 Å². The van der Waals surface area contributed by atoms with Crippen LogP contribution in [0.1, 0.15) is 15.9 Å². The molecule has 0 unspecified atom stereocenters. The lowest BCUT2D eigenvalue weighted by Gasteiger charge is -2.18. The minimum absolute atomic E-state index is 0.138. The van der Waals surface area contributed by atoms with Gasteiger partial charge in [0.2, 0.25) is 0 Å². The summed E-state index contributed by atoms with van der Waals surface area (Å²) in [5.41, 5.74) is 1.00. The van der Waals surface area contributed by atoms with Gasteiger partial charge in [0.1, 0.15) is 13.2 Å². The standard InChI is InChI=1S/C15H10Cl2O3/c16-11-3-1-9(7-12(11)17)15(18)10-2-4-13-14(8-10)20-6-5-19-13/h1-4,7-8H,5-6H2. The van der Waals surface area contributed by atoms with E-state index in [1.807, 2.05) is 0 Å². The molecule has 3 nitrogen and oxygen atoms in total. The van der Waals surface area contributed by atoms with Crippen LogP contribution in [-0.2, 0) is 0 Å². The third kappa shape index (κ3) is 2.47. The van der Waals surface area contributed by atoms with E-state index in [0.29, 0.717) is 45.9 Å². The molecule has 0 atom stereocenters. The molecule has 0 N–H and O–H groups in total. The number of rotatable bonds is 2. The van der Waals surface area contributed by atoms with Crippen LogP contribution in [0.4, 0.5) is 0 Å². The minimum Gasteiger partial charge on any atom is -0.486 e. The van der Waals surface area contributed by atoms with Gasteiger partial charge in [-0.3, -0.25) is 4.79 Å². The molecular weight excluding hydrogens is 299 g/mol. The van der Waals surface area contributed by atoms with Gasteiger partial charge in [0.15, 0.2) is 17.3 Å². The second-order valence-corrected chi connectivity index (χ2v) is 5.13. The maximum atomic E-state index is 12.4. The second-order valence-electron chi connectivity index (χ2n) is 4.32. The lowest BCUT2D eigenvalue weighted by Crippen LogP contribution is -2.15. The fraction of sp³-hybridized carbons (Fsp3) is 0.133. The molecule has 5 heteroatoms. The molecule has 102 valence electrons. The van der Waals surface area contributed by atoms with Crippen molar-refractivity contribution in [3.05, 3.63) is 57.6 Å². The van der Waals surface area contributed by atoms with Crippen molar-refractivity contribution < 1.29 is 14.3 Å². The molecule has 2 aromatic rings. The molecule has 1 heterocycles. The zero-order chi connectivity index (χ0) is 14.1. The summed E-state index contributed by atoms with van der Waals surface area (Å²) in [6.45, 7) is 1.00. The van der Waals surface area contributed by atoms with Gasteiger partial charge in [-0.25, -0.2) is 0 Å². The number of ketones is 1. The highest BCUT2D eigenvalue weighted by atomic mass is 35.5. The number of carbonyl (C=O) groups excluding carboxylic acids is 1. The van der Waals surface area contributed by atoms with Gasteiger partial charge >= 0.3 is 0 Å². The summed E-state index contributed by atoms with van der Waals surface area (Å²) in [6, 6.07) is 9.93. The average Bonchev–Trinajstić information content (AvgIpc) is 2.49. The molecule has 0 amide bonds. The number of benzene rings is 2. The Morgan fingerprint density at radius 3 is 2.25 bits per heavy atom. The van der Waals surface area contributed by atoms with E-state index < -0.39 is 0 Å². The third-order valence-corrected chi connectivity index (χ3v) is 3.73. The van der Waals surface area contributed by atoms with Gasteiger partial charge in [0, 0.05) is 11.1 Å². The Hall–Kier alpha value is -1.71. The van der Waals surface area contributed by atoms with Gasteiger partial charge in [0.25, 0.3) is 0 Å². The average molecular weight is 309 g/mol. The van der Waals surface area contributed by atoms with Gasteiger partial charge in [-0.1, -0.05) is 23.2 Å². The zero-order valence-electron chi connectivity index (χ0n) is 10.4. The molecule has 3 rings (SSSR count). The maximum absolute atomic E-state index is 12.4. The number of halogens is 2. The first-order valence-corrected chi connectivity index (χ1v) is 6.80. The van der Waals surface area contributed by atoms with Crippen molar-refractivity contribution in [3.8, 4) is 11.5 Å². The lowest BCUT2D eigenvalue weighted by molar-refractivity contribution is 0.103. The summed E-state index contributed by atoms with van der Waals surface area (Å²) in [5.74, 6) is 1.10. The van der Waals surface area contributed by atoms with E-state index in [9.17, 15) is 4.79 Å². The SMILES string of the molecule is O=C(c1ccc(Cl)c(Cl)c1)c1ccc2c(c1)OCCO2. The van der Waals surface area contributed by atoms with Gasteiger partial charge in [-0.05, 0) is 36.4 Å². The first-order chi connectivity index (χ1) is 9.65. The van der Waals surface area contributed by atoms with E-state index in [-0.39, 0.29) is 5.78 Å². The topological polar surface area (TPSA) is 35.5 Å². The van der Waals surface area contributed by atoms with Crippen LogP contribution in [0.5, 0.6) is 11.5 Å². The predicted molar refractivity (Wildman–Crippen MR) is 77.3 cm³/mol. The molecule has 0 saturated carbocycles. The first kappa shape index (κ1) is 13.3. The molecule has 1 aliphatic rings. The smallest absolute Gasteiger partial charge is 0.193 e. The fourth-order valence-corrected chi connectivity index (χ4v) is 2.29. The van der Waals surface area contributed by atoms with Crippen LogP contribution < -0.4 is 9.47 Å². The minimum atomic E-state index is -0.138. The second kappa shape index (κ2) is 5.35. The van der Waals surface area contributed by atoms with Crippen molar-refractivity contribution in [1.82, 2.24) is 0 Å². The monoisotopic (exact) mass is 308 g/mol. The molecule has 2 aromatic carbocycles. The van der Waals surface area contributed by atoms with E-state index in [2.05, 4.69) is 0 Å².